The van der Waals surface area contributed by atoms with Crippen LogP contribution >= 0.6 is 0 Å². The Morgan fingerprint density at radius 1 is 1.07 bits per heavy atom. The number of carbonyl (C=O) groups is 1. The summed E-state index contributed by atoms with van der Waals surface area (Å²) in [6, 6.07) is 9.64. The fourth-order valence-electron chi connectivity index (χ4n) is 5.11. The predicted molar refractivity (Wildman–Crippen MR) is 104 cm³/mol. The van der Waals surface area contributed by atoms with Crippen LogP contribution in [0.25, 0.3) is 5.65 Å². The molecule has 2 aliphatic rings. The number of amides is 1. The highest BCUT2D eigenvalue weighted by Crippen LogP contribution is 2.48. The normalized spacial score (nSPS) is 23.9. The second-order valence-corrected chi connectivity index (χ2v) is 8.44. The van der Waals surface area contributed by atoms with Crippen molar-refractivity contribution in [2.45, 2.75) is 31.9 Å². The summed E-state index contributed by atoms with van der Waals surface area (Å²) in [7, 11) is 0. The van der Waals surface area contributed by atoms with Crippen molar-refractivity contribution in [3.8, 4) is 0 Å². The number of hydrogen-bond acceptors (Lipinski definition) is 3. The van der Waals surface area contributed by atoms with E-state index in [4.69, 9.17) is 0 Å². The zero-order valence-corrected chi connectivity index (χ0v) is 16.4. The minimum absolute atomic E-state index is 0.119. The van der Waals surface area contributed by atoms with Crippen LogP contribution in [0.3, 0.4) is 0 Å². The third-order valence-electron chi connectivity index (χ3n) is 6.50. The van der Waals surface area contributed by atoms with E-state index in [0.29, 0.717) is 37.1 Å². The fourth-order valence-corrected chi connectivity index (χ4v) is 5.11. The topological polar surface area (TPSA) is 50.5 Å². The molecule has 8 heteroatoms. The lowest BCUT2D eigenvalue weighted by Gasteiger charge is -2.21. The molecule has 0 bridgehead atoms. The summed E-state index contributed by atoms with van der Waals surface area (Å²) < 4.78 is 41.9. The molecule has 1 amide bonds. The van der Waals surface area contributed by atoms with Gasteiger partial charge in [-0.25, -0.2) is 0 Å². The quantitative estimate of drug-likeness (QED) is 0.628. The molecule has 30 heavy (non-hydrogen) atoms. The third kappa shape index (κ3) is 3.14. The summed E-state index contributed by atoms with van der Waals surface area (Å²) in [5.74, 6) is 0.409. The highest BCUT2D eigenvalue weighted by atomic mass is 19.4. The molecule has 0 radical (unpaired) electrons. The Morgan fingerprint density at radius 2 is 1.77 bits per heavy atom. The molecule has 1 saturated carbocycles. The van der Waals surface area contributed by atoms with E-state index >= 15 is 0 Å². The molecule has 1 aromatic carbocycles. The Morgan fingerprint density at radius 3 is 2.47 bits per heavy atom. The number of likely N-dealkylation sites (tertiary alicyclic amines) is 1. The van der Waals surface area contributed by atoms with Gasteiger partial charge < -0.3 is 4.90 Å². The average molecular weight is 414 g/mol. The first-order chi connectivity index (χ1) is 14.3. The maximum absolute atomic E-state index is 13.4. The third-order valence-corrected chi connectivity index (χ3v) is 6.50. The van der Waals surface area contributed by atoms with Crippen molar-refractivity contribution >= 4 is 11.6 Å². The highest BCUT2D eigenvalue weighted by Gasteiger charge is 2.45. The number of aromatic nitrogens is 3. The number of pyridine rings is 1. The Hall–Kier alpha value is -2.90. The molecule has 1 aliphatic heterocycles. The van der Waals surface area contributed by atoms with E-state index in [1.807, 2.05) is 19.1 Å². The number of benzene rings is 1. The first-order valence-electron chi connectivity index (χ1n) is 10.1. The van der Waals surface area contributed by atoms with Gasteiger partial charge in [-0.15, -0.1) is 10.2 Å². The molecule has 3 heterocycles. The van der Waals surface area contributed by atoms with Crippen molar-refractivity contribution in [2.24, 2.45) is 11.8 Å². The van der Waals surface area contributed by atoms with Gasteiger partial charge in [0.1, 0.15) is 0 Å². The molecule has 2 fully saturated rings. The predicted octanol–water partition coefficient (Wildman–Crippen LogP) is 4.32. The largest absolute Gasteiger partial charge is 0.416 e. The maximum atomic E-state index is 13.4. The number of fused-ring (bicyclic) bond motifs is 2. The van der Waals surface area contributed by atoms with Crippen LogP contribution in [-0.2, 0) is 6.18 Å². The molecule has 1 aliphatic carbocycles. The Labute approximate surface area is 171 Å². The van der Waals surface area contributed by atoms with Crippen LogP contribution in [0.2, 0.25) is 0 Å². The zero-order valence-electron chi connectivity index (χ0n) is 16.4. The van der Waals surface area contributed by atoms with Crippen molar-refractivity contribution in [2.75, 3.05) is 13.1 Å². The number of nitrogens with zero attached hydrogens (tertiary/aromatic N) is 4. The van der Waals surface area contributed by atoms with E-state index in [-0.39, 0.29) is 29.5 Å². The van der Waals surface area contributed by atoms with Gasteiger partial charge in [-0.1, -0.05) is 18.2 Å². The standard InChI is InChI=1S/C22H21F3N4O/c1-13-6-7-29-19(8-13)26-27-20(29)21(30)28-11-15-9-14(10-16(15)12-28)17-4-2-3-5-18(17)22(23,24)25/h2-8,14-16H,9-12H2,1H3/t14-,15+,16-. The van der Waals surface area contributed by atoms with E-state index < -0.39 is 11.7 Å². The van der Waals surface area contributed by atoms with Gasteiger partial charge in [-0.2, -0.15) is 13.2 Å². The number of rotatable bonds is 2. The molecular formula is C22H21F3N4O. The molecule has 5 nitrogen and oxygen atoms in total. The van der Waals surface area contributed by atoms with Gasteiger partial charge >= 0.3 is 6.18 Å². The van der Waals surface area contributed by atoms with Crippen molar-refractivity contribution in [3.63, 3.8) is 0 Å². The Kier molecular flexibility index (Phi) is 4.34. The molecule has 3 aromatic rings. The smallest absolute Gasteiger partial charge is 0.335 e. The summed E-state index contributed by atoms with van der Waals surface area (Å²) in [5, 5.41) is 8.16. The average Bonchev–Trinajstić information content (AvgIpc) is 3.39. The van der Waals surface area contributed by atoms with Crippen LogP contribution < -0.4 is 0 Å². The molecule has 0 N–H and O–H groups in total. The number of hydrogen-bond donors (Lipinski definition) is 0. The SMILES string of the molecule is Cc1ccn2c(C(=O)N3C[C@H]4C[C@H](c5ccccc5C(F)(F)F)C[C@H]4C3)nnc2c1. The first kappa shape index (κ1) is 19.1. The van der Waals surface area contributed by atoms with Crippen molar-refractivity contribution in [1.82, 2.24) is 19.5 Å². The summed E-state index contributed by atoms with van der Waals surface area (Å²) in [6.45, 7) is 3.05. The van der Waals surface area contributed by atoms with Gasteiger partial charge in [0.2, 0.25) is 5.82 Å². The molecular weight excluding hydrogens is 393 g/mol. The minimum atomic E-state index is -4.34. The van der Waals surface area contributed by atoms with Crippen LogP contribution in [0, 0.1) is 18.8 Å². The molecule has 3 atom stereocenters. The lowest BCUT2D eigenvalue weighted by Crippen LogP contribution is -2.31. The van der Waals surface area contributed by atoms with E-state index in [9.17, 15) is 18.0 Å². The lowest BCUT2D eigenvalue weighted by molar-refractivity contribution is -0.138. The first-order valence-corrected chi connectivity index (χ1v) is 10.1. The number of carbonyl (C=O) groups excluding carboxylic acids is 1. The van der Waals surface area contributed by atoms with Crippen molar-refractivity contribution < 1.29 is 18.0 Å². The van der Waals surface area contributed by atoms with E-state index in [1.54, 1.807) is 27.6 Å². The van der Waals surface area contributed by atoms with Gasteiger partial charge in [0, 0.05) is 19.3 Å². The monoisotopic (exact) mass is 414 g/mol. The van der Waals surface area contributed by atoms with Crippen LogP contribution in [0.15, 0.2) is 42.6 Å². The second-order valence-electron chi connectivity index (χ2n) is 8.44. The van der Waals surface area contributed by atoms with E-state index in [1.165, 1.54) is 6.07 Å². The number of aryl methyl sites for hydroxylation is 1. The molecule has 2 aromatic heterocycles. The Balaban J connectivity index is 1.32. The summed E-state index contributed by atoms with van der Waals surface area (Å²) >= 11 is 0. The number of halogens is 3. The Bertz CT molecular complexity index is 1110. The van der Waals surface area contributed by atoms with Gasteiger partial charge in [-0.05, 0) is 66.8 Å². The molecule has 0 spiro atoms. The van der Waals surface area contributed by atoms with Crippen molar-refractivity contribution in [1.29, 1.82) is 0 Å². The van der Waals surface area contributed by atoms with Crippen LogP contribution in [0.5, 0.6) is 0 Å². The fraction of sp³-hybridized carbons (Fsp3) is 0.409. The molecule has 5 rings (SSSR count). The molecule has 156 valence electrons. The highest BCUT2D eigenvalue weighted by molar-refractivity contribution is 5.91. The molecule has 1 saturated heterocycles. The van der Waals surface area contributed by atoms with E-state index in [2.05, 4.69) is 10.2 Å². The summed E-state index contributed by atoms with van der Waals surface area (Å²) in [4.78, 5) is 14.8. The van der Waals surface area contributed by atoms with Gasteiger partial charge in [0.15, 0.2) is 5.65 Å². The van der Waals surface area contributed by atoms with Crippen LogP contribution in [-0.4, -0.2) is 38.5 Å². The second kappa shape index (κ2) is 6.82. The molecule has 0 unspecified atom stereocenters. The zero-order chi connectivity index (χ0) is 21.0. The maximum Gasteiger partial charge on any atom is 0.416 e. The van der Waals surface area contributed by atoms with Crippen molar-refractivity contribution in [3.05, 3.63) is 65.1 Å². The van der Waals surface area contributed by atoms with Gasteiger partial charge in [-0.3, -0.25) is 9.20 Å². The van der Waals surface area contributed by atoms with Crippen LogP contribution in [0.1, 0.15) is 46.1 Å². The minimum Gasteiger partial charge on any atom is -0.335 e. The number of alkyl halides is 3. The summed E-state index contributed by atoms with van der Waals surface area (Å²) in [6.07, 6.45) is -1.22. The van der Waals surface area contributed by atoms with Crippen LogP contribution in [0.4, 0.5) is 13.2 Å². The van der Waals surface area contributed by atoms with E-state index in [0.717, 1.165) is 11.6 Å². The van der Waals surface area contributed by atoms with Gasteiger partial charge in [0.25, 0.3) is 5.91 Å². The van der Waals surface area contributed by atoms with Gasteiger partial charge in [0.05, 0.1) is 5.56 Å². The lowest BCUT2D eigenvalue weighted by atomic mass is 9.91. The summed E-state index contributed by atoms with van der Waals surface area (Å²) in [5.41, 5.74) is 1.51.